The Morgan fingerprint density at radius 2 is 1.82 bits per heavy atom. The number of ketones is 1. The molecule has 1 heterocycles. The first-order valence-corrected chi connectivity index (χ1v) is 14.9. The molecule has 5 aliphatic carbocycles. The molecule has 6 aliphatic rings. The van der Waals surface area contributed by atoms with Crippen LogP contribution in [0.15, 0.2) is 35.5 Å². The third-order valence-corrected chi connectivity index (χ3v) is 12.0. The standard InChI is InChI=1S/C31H46N2O5/c1-17-25(32)26(35)27(36)28(38-17)33-20-10-13-29(2)19(16-20)6-9-24-23(29)11-14-30(3)22(12-15-31(24,30)37)18-4-7-21(34)8-5-18/h4-5,7,16-17,20,22-28,33,35-37H,6,8-15,32H2,1-3H3/t17-,20?,22+,23-,24+,25-,26+,27+,28+,29-,30+,31-/m0/s1. The number of ether oxygens (including phenoxy) is 1. The number of allylic oxidation sites excluding steroid dienone is 5. The van der Waals surface area contributed by atoms with Gasteiger partial charge in [-0.15, -0.1) is 0 Å². The summed E-state index contributed by atoms with van der Waals surface area (Å²) in [5.74, 6) is 1.22. The number of hydrogen-bond acceptors (Lipinski definition) is 7. The van der Waals surface area contributed by atoms with Gasteiger partial charge in [0.2, 0.25) is 0 Å². The SMILES string of the molecule is C[C@@H]1O[C@@H](NC2C=C3CC[C@@H]4[C@H](CC[C@]5(C)[C@@H](C6=CCC(=O)C=C6)CC[C@]45O)[C@@]3(C)CC2)[C@H](O)[C@H](O)[C@H]1N. The van der Waals surface area contributed by atoms with E-state index in [0.717, 1.165) is 51.4 Å². The van der Waals surface area contributed by atoms with Gasteiger partial charge >= 0.3 is 0 Å². The van der Waals surface area contributed by atoms with Gasteiger partial charge in [0.05, 0.1) is 17.7 Å². The predicted octanol–water partition coefficient (Wildman–Crippen LogP) is 2.89. The van der Waals surface area contributed by atoms with Crippen LogP contribution in [0.5, 0.6) is 0 Å². The number of carbonyl (C=O) groups excluding carboxylic acids is 1. The third-order valence-electron chi connectivity index (χ3n) is 12.0. The van der Waals surface area contributed by atoms with Crippen LogP contribution < -0.4 is 11.1 Å². The summed E-state index contributed by atoms with van der Waals surface area (Å²) < 4.78 is 5.93. The lowest BCUT2D eigenvalue weighted by atomic mass is 9.45. The van der Waals surface area contributed by atoms with Crippen LogP contribution in [0.2, 0.25) is 0 Å². The normalized spacial score (nSPS) is 52.5. The Hall–Kier alpha value is -1.35. The van der Waals surface area contributed by atoms with E-state index in [1.165, 1.54) is 11.1 Å². The second kappa shape index (κ2) is 9.35. The molecular weight excluding hydrogens is 480 g/mol. The van der Waals surface area contributed by atoms with Crippen molar-refractivity contribution in [1.82, 2.24) is 5.32 Å². The van der Waals surface area contributed by atoms with E-state index < -0.39 is 30.1 Å². The molecule has 0 bridgehead atoms. The molecule has 7 nitrogen and oxygen atoms in total. The number of aliphatic hydroxyl groups excluding tert-OH is 2. The molecule has 3 saturated carbocycles. The smallest absolute Gasteiger partial charge is 0.159 e. The number of nitrogens with one attached hydrogen (secondary N) is 1. The minimum atomic E-state index is -1.06. The lowest BCUT2D eigenvalue weighted by Crippen LogP contribution is -2.65. The van der Waals surface area contributed by atoms with E-state index >= 15 is 0 Å². The van der Waals surface area contributed by atoms with Crippen LogP contribution in [0.3, 0.4) is 0 Å². The zero-order valence-corrected chi connectivity index (χ0v) is 23.1. The number of carbonyl (C=O) groups is 1. The Labute approximate surface area is 226 Å². The van der Waals surface area contributed by atoms with E-state index in [4.69, 9.17) is 10.5 Å². The van der Waals surface area contributed by atoms with Gasteiger partial charge in [0.1, 0.15) is 18.4 Å². The fourth-order valence-corrected chi connectivity index (χ4v) is 9.60. The molecule has 1 saturated heterocycles. The number of nitrogens with two attached hydrogens (primary N) is 1. The van der Waals surface area contributed by atoms with Crippen molar-refractivity contribution in [3.63, 3.8) is 0 Å². The number of aliphatic hydroxyl groups is 3. The molecule has 0 aromatic carbocycles. The van der Waals surface area contributed by atoms with Gasteiger partial charge in [0, 0.05) is 17.9 Å². The van der Waals surface area contributed by atoms with Crippen LogP contribution in [0.4, 0.5) is 0 Å². The van der Waals surface area contributed by atoms with Crippen LogP contribution in [-0.4, -0.2) is 63.3 Å². The van der Waals surface area contributed by atoms with Crippen molar-refractivity contribution in [3.05, 3.63) is 35.5 Å². The second-order valence-corrected chi connectivity index (χ2v) is 13.7. The Morgan fingerprint density at radius 3 is 2.55 bits per heavy atom. The monoisotopic (exact) mass is 526 g/mol. The fraction of sp³-hybridized carbons (Fsp3) is 0.774. The Kier molecular flexibility index (Phi) is 6.61. The maximum absolute atomic E-state index is 12.5. The molecule has 0 spiro atoms. The lowest BCUT2D eigenvalue weighted by molar-refractivity contribution is -0.187. The number of rotatable bonds is 3. The molecule has 7 heteroatoms. The number of hydrogen-bond donors (Lipinski definition) is 5. The van der Waals surface area contributed by atoms with Crippen LogP contribution >= 0.6 is 0 Å². The van der Waals surface area contributed by atoms with Crippen molar-refractivity contribution >= 4 is 5.78 Å². The zero-order chi connectivity index (χ0) is 27.0. The van der Waals surface area contributed by atoms with Crippen molar-refractivity contribution in [2.45, 2.75) is 121 Å². The van der Waals surface area contributed by atoms with Gasteiger partial charge in [-0.25, -0.2) is 0 Å². The maximum atomic E-state index is 12.5. The van der Waals surface area contributed by atoms with Crippen molar-refractivity contribution < 1.29 is 24.9 Å². The van der Waals surface area contributed by atoms with Crippen LogP contribution in [0.1, 0.15) is 78.6 Å². The van der Waals surface area contributed by atoms with Crippen LogP contribution in [-0.2, 0) is 9.53 Å². The Bertz CT molecular complexity index is 1070. The third kappa shape index (κ3) is 3.87. The van der Waals surface area contributed by atoms with E-state index in [-0.39, 0.29) is 34.7 Å². The molecule has 1 aliphatic heterocycles. The molecule has 0 aromatic heterocycles. The zero-order valence-electron chi connectivity index (χ0n) is 23.1. The fourth-order valence-electron chi connectivity index (χ4n) is 9.60. The molecule has 38 heavy (non-hydrogen) atoms. The first-order valence-electron chi connectivity index (χ1n) is 14.9. The summed E-state index contributed by atoms with van der Waals surface area (Å²) in [6, 6.07) is -0.527. The quantitative estimate of drug-likeness (QED) is 0.358. The summed E-state index contributed by atoms with van der Waals surface area (Å²) in [5.41, 5.74) is 7.92. The molecule has 1 unspecified atom stereocenters. The molecule has 210 valence electrons. The summed E-state index contributed by atoms with van der Waals surface area (Å²) in [5, 5.41) is 36.8. The van der Waals surface area contributed by atoms with Gasteiger partial charge in [-0.05, 0) is 93.1 Å². The van der Waals surface area contributed by atoms with Crippen molar-refractivity contribution in [3.8, 4) is 0 Å². The largest absolute Gasteiger partial charge is 0.389 e. The molecule has 0 amide bonds. The van der Waals surface area contributed by atoms with Gasteiger partial charge in [-0.3, -0.25) is 10.1 Å². The number of fused-ring (bicyclic) bond motifs is 5. The van der Waals surface area contributed by atoms with Gasteiger partial charge < -0.3 is 25.8 Å². The van der Waals surface area contributed by atoms with Gasteiger partial charge in [0.25, 0.3) is 0 Å². The summed E-state index contributed by atoms with van der Waals surface area (Å²) in [6.07, 6.45) is 13.5. The van der Waals surface area contributed by atoms with E-state index in [2.05, 4.69) is 31.3 Å². The second-order valence-electron chi connectivity index (χ2n) is 13.7. The molecule has 6 N–H and O–H groups in total. The molecule has 0 radical (unpaired) electrons. The van der Waals surface area contributed by atoms with Crippen molar-refractivity contribution in [2.24, 2.45) is 34.3 Å². The minimum Gasteiger partial charge on any atom is -0.389 e. The highest BCUT2D eigenvalue weighted by molar-refractivity contribution is 5.92. The maximum Gasteiger partial charge on any atom is 0.159 e. The van der Waals surface area contributed by atoms with E-state index in [9.17, 15) is 20.1 Å². The lowest BCUT2D eigenvalue weighted by Gasteiger charge is -2.62. The van der Waals surface area contributed by atoms with Crippen LogP contribution in [0.25, 0.3) is 0 Å². The predicted molar refractivity (Wildman–Crippen MR) is 145 cm³/mol. The minimum absolute atomic E-state index is 0.0634. The first-order chi connectivity index (χ1) is 18.0. The molecule has 12 atom stereocenters. The molecule has 6 rings (SSSR count). The summed E-state index contributed by atoms with van der Waals surface area (Å²) in [4.78, 5) is 11.8. The summed E-state index contributed by atoms with van der Waals surface area (Å²) >= 11 is 0. The highest BCUT2D eigenvalue weighted by atomic mass is 16.5. The Balaban J connectivity index is 1.20. The van der Waals surface area contributed by atoms with E-state index in [0.29, 0.717) is 18.3 Å². The average molecular weight is 527 g/mol. The average Bonchev–Trinajstić information content (AvgIpc) is 3.18. The van der Waals surface area contributed by atoms with Gasteiger partial charge in [-0.1, -0.05) is 37.6 Å². The summed E-state index contributed by atoms with van der Waals surface area (Å²) in [7, 11) is 0. The van der Waals surface area contributed by atoms with Gasteiger partial charge in [0.15, 0.2) is 5.78 Å². The molecule has 0 aromatic rings. The van der Waals surface area contributed by atoms with Crippen LogP contribution in [0, 0.1) is 28.6 Å². The molecule has 4 fully saturated rings. The Morgan fingerprint density at radius 1 is 1.03 bits per heavy atom. The van der Waals surface area contributed by atoms with E-state index in [1.807, 2.05) is 13.0 Å². The summed E-state index contributed by atoms with van der Waals surface area (Å²) in [6.45, 7) is 6.57. The highest BCUT2D eigenvalue weighted by Gasteiger charge is 2.66. The van der Waals surface area contributed by atoms with Crippen molar-refractivity contribution in [1.29, 1.82) is 0 Å². The topological polar surface area (TPSA) is 125 Å². The first kappa shape index (κ1) is 26.9. The van der Waals surface area contributed by atoms with Crippen molar-refractivity contribution in [2.75, 3.05) is 0 Å². The molecular formula is C31H46N2O5. The van der Waals surface area contributed by atoms with E-state index in [1.54, 1.807) is 6.08 Å². The highest BCUT2D eigenvalue weighted by Crippen LogP contribution is 2.69. The van der Waals surface area contributed by atoms with Gasteiger partial charge in [-0.2, -0.15) is 0 Å².